The molecule has 1 saturated carbocycles. The minimum Gasteiger partial charge on any atom is -0.468 e. The van der Waals surface area contributed by atoms with E-state index >= 15 is 0 Å². The molecule has 1 rings (SSSR count). The van der Waals surface area contributed by atoms with E-state index in [1.807, 2.05) is 13.8 Å². The van der Waals surface area contributed by atoms with Crippen molar-refractivity contribution < 1.29 is 9.53 Å². The molecule has 0 aliphatic heterocycles. The minimum absolute atomic E-state index is 0.184. The molecule has 1 aliphatic rings. The van der Waals surface area contributed by atoms with Crippen LogP contribution in [0.25, 0.3) is 0 Å². The third-order valence-electron chi connectivity index (χ3n) is 3.47. The van der Waals surface area contributed by atoms with E-state index in [1.54, 1.807) is 0 Å². The van der Waals surface area contributed by atoms with Gasteiger partial charge in [-0.2, -0.15) is 0 Å². The second-order valence-corrected chi connectivity index (χ2v) is 6.22. The molecule has 0 bridgehead atoms. The highest BCUT2D eigenvalue weighted by molar-refractivity contribution is 5.79. The molecular formula is C13H25NO2. The summed E-state index contributed by atoms with van der Waals surface area (Å²) < 4.78 is 4.81. The Balaban J connectivity index is 2.57. The maximum atomic E-state index is 11.6. The molecule has 0 radical (unpaired) electrons. The van der Waals surface area contributed by atoms with E-state index in [-0.39, 0.29) is 5.97 Å². The predicted molar refractivity (Wildman–Crippen MR) is 65.3 cm³/mol. The van der Waals surface area contributed by atoms with Crippen molar-refractivity contribution in [1.82, 2.24) is 5.32 Å². The average molecular weight is 227 g/mol. The Kier molecular flexibility index (Phi) is 4.00. The molecule has 0 amide bonds. The van der Waals surface area contributed by atoms with Crippen LogP contribution in [0.5, 0.6) is 0 Å². The maximum absolute atomic E-state index is 11.6. The summed E-state index contributed by atoms with van der Waals surface area (Å²) in [6.07, 6.45) is 4.81. The fourth-order valence-electron chi connectivity index (χ4n) is 2.65. The van der Waals surface area contributed by atoms with Crippen LogP contribution in [0.2, 0.25) is 0 Å². The molecule has 0 aromatic heterocycles. The minimum atomic E-state index is -0.577. The lowest BCUT2D eigenvalue weighted by Gasteiger charge is -2.39. The van der Waals surface area contributed by atoms with Gasteiger partial charge in [0.25, 0.3) is 0 Å². The molecule has 0 aromatic carbocycles. The Bertz CT molecular complexity index is 259. The smallest absolute Gasteiger partial charge is 0.325 e. The summed E-state index contributed by atoms with van der Waals surface area (Å²) in [7, 11) is 1.44. The van der Waals surface area contributed by atoms with Gasteiger partial charge in [0.05, 0.1) is 7.11 Å². The molecule has 16 heavy (non-hydrogen) atoms. The molecule has 94 valence electrons. The van der Waals surface area contributed by atoms with E-state index in [4.69, 9.17) is 4.74 Å². The molecule has 1 N–H and O–H groups in total. The monoisotopic (exact) mass is 227 g/mol. The number of hydrogen-bond donors (Lipinski definition) is 1. The van der Waals surface area contributed by atoms with Crippen molar-refractivity contribution in [2.45, 2.75) is 65.0 Å². The first kappa shape index (κ1) is 13.5. The number of nitrogens with one attached hydrogen (secondary N) is 1. The van der Waals surface area contributed by atoms with Crippen molar-refractivity contribution in [2.24, 2.45) is 5.41 Å². The summed E-state index contributed by atoms with van der Waals surface area (Å²) in [5, 5.41) is 3.43. The second-order valence-electron chi connectivity index (χ2n) is 6.22. The summed E-state index contributed by atoms with van der Waals surface area (Å²) in [5.41, 5.74) is -0.186. The summed E-state index contributed by atoms with van der Waals surface area (Å²) in [4.78, 5) is 11.6. The largest absolute Gasteiger partial charge is 0.468 e. The van der Waals surface area contributed by atoms with E-state index in [9.17, 15) is 4.79 Å². The van der Waals surface area contributed by atoms with Crippen molar-refractivity contribution >= 4 is 5.97 Å². The highest BCUT2D eigenvalue weighted by Gasteiger charge is 2.35. The molecular weight excluding hydrogens is 202 g/mol. The molecule has 1 unspecified atom stereocenters. The highest BCUT2D eigenvalue weighted by atomic mass is 16.5. The number of carbonyl (C=O) groups is 1. The topological polar surface area (TPSA) is 38.3 Å². The predicted octanol–water partition coefficient (Wildman–Crippen LogP) is 2.50. The third kappa shape index (κ3) is 3.48. The third-order valence-corrected chi connectivity index (χ3v) is 3.47. The normalized spacial score (nSPS) is 25.2. The zero-order chi connectivity index (χ0) is 12.4. The van der Waals surface area contributed by atoms with Crippen LogP contribution in [0.3, 0.4) is 0 Å². The Labute approximate surface area is 98.9 Å². The van der Waals surface area contributed by atoms with Gasteiger partial charge in [-0.3, -0.25) is 10.1 Å². The van der Waals surface area contributed by atoms with E-state index in [0.29, 0.717) is 11.5 Å². The van der Waals surface area contributed by atoms with E-state index in [1.165, 1.54) is 20.0 Å². The van der Waals surface area contributed by atoms with Crippen molar-refractivity contribution in [1.29, 1.82) is 0 Å². The van der Waals surface area contributed by atoms with Crippen LogP contribution in [-0.4, -0.2) is 24.7 Å². The fraction of sp³-hybridized carbons (Fsp3) is 0.923. The SMILES string of the molecule is COC(=O)C(C)(C)NC1CCCC(C)(C)C1. The summed E-state index contributed by atoms with van der Waals surface area (Å²) in [5.74, 6) is -0.184. The maximum Gasteiger partial charge on any atom is 0.325 e. The standard InChI is InChI=1S/C13H25NO2/c1-12(2)8-6-7-10(9-12)14-13(3,4)11(15)16-5/h10,14H,6-9H2,1-5H3. The lowest BCUT2D eigenvalue weighted by Crippen LogP contribution is -2.53. The van der Waals surface area contributed by atoms with Crippen LogP contribution >= 0.6 is 0 Å². The number of ether oxygens (including phenoxy) is 1. The summed E-state index contributed by atoms with van der Waals surface area (Å²) in [6, 6.07) is 0.429. The van der Waals surface area contributed by atoms with Crippen LogP contribution in [0.15, 0.2) is 0 Å². The molecule has 1 aliphatic carbocycles. The van der Waals surface area contributed by atoms with Crippen LogP contribution in [0.4, 0.5) is 0 Å². The number of carbonyl (C=O) groups excluding carboxylic acids is 1. The number of esters is 1. The van der Waals surface area contributed by atoms with Crippen LogP contribution in [0, 0.1) is 5.41 Å². The molecule has 0 heterocycles. The average Bonchev–Trinajstić information content (AvgIpc) is 2.14. The Hall–Kier alpha value is -0.570. The van der Waals surface area contributed by atoms with Gasteiger partial charge in [-0.25, -0.2) is 0 Å². The van der Waals surface area contributed by atoms with Crippen LogP contribution in [0.1, 0.15) is 53.4 Å². The molecule has 0 aromatic rings. The van der Waals surface area contributed by atoms with Gasteiger partial charge in [0.15, 0.2) is 0 Å². The molecule has 3 nitrogen and oxygen atoms in total. The first-order chi connectivity index (χ1) is 7.27. The van der Waals surface area contributed by atoms with Crippen molar-refractivity contribution in [3.8, 4) is 0 Å². The molecule has 1 atom stereocenters. The van der Waals surface area contributed by atoms with Gasteiger partial charge in [0, 0.05) is 6.04 Å². The van der Waals surface area contributed by atoms with Gasteiger partial charge >= 0.3 is 5.97 Å². The van der Waals surface area contributed by atoms with Gasteiger partial charge < -0.3 is 4.74 Å². The van der Waals surface area contributed by atoms with Gasteiger partial charge in [-0.15, -0.1) is 0 Å². The number of hydrogen-bond acceptors (Lipinski definition) is 3. The van der Waals surface area contributed by atoms with E-state index in [0.717, 1.165) is 12.8 Å². The van der Waals surface area contributed by atoms with Crippen molar-refractivity contribution in [3.63, 3.8) is 0 Å². The quantitative estimate of drug-likeness (QED) is 0.753. The summed E-state index contributed by atoms with van der Waals surface area (Å²) >= 11 is 0. The fourth-order valence-corrected chi connectivity index (χ4v) is 2.65. The van der Waals surface area contributed by atoms with Gasteiger partial charge in [0.1, 0.15) is 5.54 Å². The Morgan fingerprint density at radius 2 is 2.06 bits per heavy atom. The number of rotatable bonds is 3. The number of methoxy groups -OCH3 is 1. The van der Waals surface area contributed by atoms with Gasteiger partial charge in [-0.1, -0.05) is 20.3 Å². The Morgan fingerprint density at radius 1 is 1.44 bits per heavy atom. The zero-order valence-corrected chi connectivity index (χ0v) is 11.2. The van der Waals surface area contributed by atoms with Gasteiger partial charge in [0.2, 0.25) is 0 Å². The molecule has 0 spiro atoms. The van der Waals surface area contributed by atoms with Crippen LogP contribution < -0.4 is 5.32 Å². The second kappa shape index (κ2) is 4.74. The van der Waals surface area contributed by atoms with Gasteiger partial charge in [-0.05, 0) is 38.5 Å². The van der Waals surface area contributed by atoms with Crippen molar-refractivity contribution in [2.75, 3.05) is 7.11 Å². The molecule has 0 saturated heterocycles. The first-order valence-corrected chi connectivity index (χ1v) is 6.13. The zero-order valence-electron chi connectivity index (χ0n) is 11.2. The summed E-state index contributed by atoms with van der Waals surface area (Å²) in [6.45, 7) is 8.37. The van der Waals surface area contributed by atoms with E-state index in [2.05, 4.69) is 19.2 Å². The molecule has 3 heteroatoms. The Morgan fingerprint density at radius 3 is 2.56 bits per heavy atom. The lowest BCUT2D eigenvalue weighted by molar-refractivity contribution is -0.147. The van der Waals surface area contributed by atoms with Crippen molar-refractivity contribution in [3.05, 3.63) is 0 Å². The van der Waals surface area contributed by atoms with E-state index < -0.39 is 5.54 Å². The van der Waals surface area contributed by atoms with Crippen LogP contribution in [-0.2, 0) is 9.53 Å². The first-order valence-electron chi connectivity index (χ1n) is 6.13. The molecule has 1 fully saturated rings. The lowest BCUT2D eigenvalue weighted by atomic mass is 9.74. The highest BCUT2D eigenvalue weighted by Crippen LogP contribution is 2.35.